The van der Waals surface area contributed by atoms with Crippen LogP contribution in [-0.4, -0.2) is 134 Å². The first-order valence-corrected chi connectivity index (χ1v) is 10.7. The predicted octanol–water partition coefficient (Wildman–Crippen LogP) is -5.04. The second-order valence-corrected chi connectivity index (χ2v) is 9.15. The second-order valence-electron chi connectivity index (χ2n) is 9.15. The number of aliphatic hydroxyl groups excluding tert-OH is 7. The number of hydroxylamine groups is 1. The van der Waals surface area contributed by atoms with Crippen LogP contribution in [0.5, 0.6) is 0 Å². The van der Waals surface area contributed by atoms with Crippen LogP contribution >= 0.6 is 0 Å². The lowest BCUT2D eigenvalue weighted by atomic mass is 9.91. The van der Waals surface area contributed by atoms with E-state index in [9.17, 15) is 45.3 Å². The van der Waals surface area contributed by atoms with E-state index in [1.807, 2.05) is 5.48 Å². The Morgan fingerprint density at radius 1 is 0.914 bits per heavy atom. The molecule has 2 rings (SSSR count). The Hall–Kier alpha value is -1.70. The molecule has 1 unspecified atom stereocenters. The van der Waals surface area contributed by atoms with E-state index in [-0.39, 0.29) is 0 Å². The monoisotopic (exact) mass is 514 g/mol. The van der Waals surface area contributed by atoms with E-state index in [4.69, 9.17) is 29.5 Å². The van der Waals surface area contributed by atoms with Crippen molar-refractivity contribution in [3.8, 4) is 0 Å². The quantitative estimate of drug-likeness (QED) is 0.137. The number of hydrogen-bond donors (Lipinski definition) is 9. The summed E-state index contributed by atoms with van der Waals surface area (Å²) in [6.45, 7) is 3.13. The fourth-order valence-corrected chi connectivity index (χ4v) is 3.57. The molecule has 2 aliphatic rings. The number of amides is 2. The van der Waals surface area contributed by atoms with Gasteiger partial charge in [0.2, 0.25) is 0 Å². The fraction of sp³-hybridized carbons (Fsp3) is 0.895. The molecule has 2 amide bonds. The molecule has 16 heteroatoms. The van der Waals surface area contributed by atoms with Crippen LogP contribution in [-0.2, 0) is 28.6 Å². The molecule has 35 heavy (non-hydrogen) atoms. The average molecular weight is 514 g/mol. The predicted molar refractivity (Wildman–Crippen MR) is 110 cm³/mol. The van der Waals surface area contributed by atoms with Gasteiger partial charge in [-0.3, -0.25) is 9.63 Å². The zero-order valence-electron chi connectivity index (χ0n) is 19.3. The summed E-state index contributed by atoms with van der Waals surface area (Å²) in [6, 6.07) is 0. The van der Waals surface area contributed by atoms with Gasteiger partial charge < -0.3 is 60.4 Å². The van der Waals surface area contributed by atoms with E-state index in [2.05, 4.69) is 0 Å². The molecular weight excluding hydrogens is 480 g/mol. The van der Waals surface area contributed by atoms with Crippen LogP contribution in [0.25, 0.3) is 0 Å². The highest BCUT2D eigenvalue weighted by atomic mass is 16.7. The number of aliphatic hydroxyl groups is 7. The molecule has 0 aromatic carbocycles. The molecule has 0 aliphatic carbocycles. The number of nitrogens with two attached hydrogens (primary N) is 1. The van der Waals surface area contributed by atoms with Crippen molar-refractivity contribution < 1.29 is 69.1 Å². The number of carbonyl (C=O) groups is 2. The van der Waals surface area contributed by atoms with E-state index < -0.39 is 98.1 Å². The minimum absolute atomic E-state index is 0.745. The standard InChI is InChI=1S/C19H34N2O14/c1-19(2,3)34-18(30)21-35-15(16(20)29)14-11(27)10(26)13(7(5-23)31-14)33-17-12(28)9(25)8(24)6(4-22)32-17/h6-15,17,22-28H,4-5H2,1-3H3,(H2,20,29)(H,21,30)/t6-,7-,8+,9+,10-,11-,12-,13-,14-,15?,17+/m1/s1. The Morgan fingerprint density at radius 3 is 2.03 bits per heavy atom. The van der Waals surface area contributed by atoms with Gasteiger partial charge in [-0.15, -0.1) is 0 Å². The number of nitrogens with one attached hydrogen (secondary N) is 1. The van der Waals surface area contributed by atoms with Crippen molar-refractivity contribution in [3.05, 3.63) is 0 Å². The number of rotatable bonds is 8. The smallest absolute Gasteiger partial charge is 0.431 e. The zero-order chi connectivity index (χ0) is 26.7. The van der Waals surface area contributed by atoms with Gasteiger partial charge in [-0.2, -0.15) is 5.48 Å². The summed E-state index contributed by atoms with van der Waals surface area (Å²) in [4.78, 5) is 28.7. The van der Waals surface area contributed by atoms with Gasteiger partial charge in [0, 0.05) is 0 Å². The molecule has 16 nitrogen and oxygen atoms in total. The minimum atomic E-state index is -1.94. The highest BCUT2D eigenvalue weighted by Gasteiger charge is 2.53. The third-order valence-electron chi connectivity index (χ3n) is 5.29. The molecule has 2 fully saturated rings. The van der Waals surface area contributed by atoms with Crippen molar-refractivity contribution in [2.45, 2.75) is 93.7 Å². The van der Waals surface area contributed by atoms with Gasteiger partial charge in [-0.25, -0.2) is 4.79 Å². The van der Waals surface area contributed by atoms with Crippen molar-refractivity contribution >= 4 is 12.0 Å². The molecule has 0 spiro atoms. The molecule has 0 aromatic heterocycles. The van der Waals surface area contributed by atoms with Crippen LogP contribution in [0.3, 0.4) is 0 Å². The molecule has 0 radical (unpaired) electrons. The third-order valence-corrected chi connectivity index (χ3v) is 5.29. The van der Waals surface area contributed by atoms with Gasteiger partial charge in [0.1, 0.15) is 60.5 Å². The number of primary amides is 1. The molecule has 0 aromatic rings. The first-order valence-electron chi connectivity index (χ1n) is 10.7. The Morgan fingerprint density at radius 2 is 1.51 bits per heavy atom. The Bertz CT molecular complexity index is 716. The maximum absolute atomic E-state index is 11.9. The lowest BCUT2D eigenvalue weighted by Crippen LogP contribution is -2.67. The molecule has 0 bridgehead atoms. The Kier molecular flexibility index (Phi) is 10.1. The minimum Gasteiger partial charge on any atom is -0.442 e. The molecule has 2 heterocycles. The van der Waals surface area contributed by atoms with Gasteiger partial charge >= 0.3 is 6.09 Å². The summed E-state index contributed by atoms with van der Waals surface area (Å²) >= 11 is 0. The van der Waals surface area contributed by atoms with Crippen molar-refractivity contribution in [1.29, 1.82) is 0 Å². The summed E-state index contributed by atoms with van der Waals surface area (Å²) in [5.74, 6) is -1.21. The topological polar surface area (TPSA) is 260 Å². The average Bonchev–Trinajstić information content (AvgIpc) is 2.76. The summed E-state index contributed by atoms with van der Waals surface area (Å²) in [5, 5.41) is 70.2. The fourth-order valence-electron chi connectivity index (χ4n) is 3.57. The zero-order valence-corrected chi connectivity index (χ0v) is 19.3. The van der Waals surface area contributed by atoms with Crippen molar-refractivity contribution in [3.63, 3.8) is 0 Å². The van der Waals surface area contributed by atoms with E-state index >= 15 is 0 Å². The molecular formula is C19H34N2O14. The lowest BCUT2D eigenvalue weighted by molar-refractivity contribution is -0.345. The van der Waals surface area contributed by atoms with Crippen LogP contribution in [0, 0.1) is 0 Å². The molecule has 0 saturated carbocycles. The summed E-state index contributed by atoms with van der Waals surface area (Å²) < 4.78 is 21.1. The van der Waals surface area contributed by atoms with E-state index in [0.717, 1.165) is 0 Å². The van der Waals surface area contributed by atoms with E-state index in [1.54, 1.807) is 20.8 Å². The number of ether oxygens (including phenoxy) is 4. The summed E-state index contributed by atoms with van der Waals surface area (Å²) in [6.07, 6.45) is -19.9. The molecule has 11 atom stereocenters. The normalized spacial score (nSPS) is 39.0. The second kappa shape index (κ2) is 12.0. The highest BCUT2D eigenvalue weighted by molar-refractivity contribution is 5.80. The molecule has 2 aliphatic heterocycles. The number of hydrogen-bond acceptors (Lipinski definition) is 14. The van der Waals surface area contributed by atoms with E-state index in [1.165, 1.54) is 0 Å². The van der Waals surface area contributed by atoms with Gasteiger partial charge in [0.15, 0.2) is 12.4 Å². The molecule has 2 saturated heterocycles. The van der Waals surface area contributed by atoms with Gasteiger partial charge in [-0.05, 0) is 20.8 Å². The molecule has 10 N–H and O–H groups in total. The first-order chi connectivity index (χ1) is 16.2. The van der Waals surface area contributed by atoms with Crippen LogP contribution in [0.2, 0.25) is 0 Å². The van der Waals surface area contributed by atoms with Crippen LogP contribution < -0.4 is 11.2 Å². The Labute approximate surface area is 200 Å². The van der Waals surface area contributed by atoms with Gasteiger partial charge in [-0.1, -0.05) is 0 Å². The van der Waals surface area contributed by atoms with Crippen LogP contribution in [0.15, 0.2) is 0 Å². The summed E-state index contributed by atoms with van der Waals surface area (Å²) in [5.41, 5.74) is 6.22. The maximum Gasteiger partial charge on any atom is 0.431 e. The van der Waals surface area contributed by atoms with Crippen molar-refractivity contribution in [1.82, 2.24) is 5.48 Å². The number of carbonyl (C=O) groups excluding carboxylic acids is 2. The van der Waals surface area contributed by atoms with E-state index in [0.29, 0.717) is 0 Å². The van der Waals surface area contributed by atoms with Crippen LogP contribution in [0.4, 0.5) is 4.79 Å². The lowest BCUT2D eigenvalue weighted by Gasteiger charge is -2.46. The first kappa shape index (κ1) is 29.5. The van der Waals surface area contributed by atoms with Crippen LogP contribution in [0.1, 0.15) is 20.8 Å². The largest absolute Gasteiger partial charge is 0.442 e. The highest BCUT2D eigenvalue weighted by Crippen LogP contribution is 2.30. The summed E-state index contributed by atoms with van der Waals surface area (Å²) in [7, 11) is 0. The SMILES string of the molecule is CC(C)(C)OC(=O)NOC(C(N)=O)[C@@H]1O[C@H](CO)[C@@H](O[C@@H]2O[C@H](CO)[C@H](O)[C@H](O)[C@H]2O)[C@H](O)[C@H]1O. The third kappa shape index (κ3) is 7.17. The molecule has 204 valence electrons. The maximum atomic E-state index is 11.9. The van der Waals surface area contributed by atoms with Crippen molar-refractivity contribution in [2.24, 2.45) is 5.73 Å². The van der Waals surface area contributed by atoms with Gasteiger partial charge in [0.05, 0.1) is 13.2 Å². The Balaban J connectivity index is 2.14. The van der Waals surface area contributed by atoms with Crippen molar-refractivity contribution in [2.75, 3.05) is 13.2 Å². The van der Waals surface area contributed by atoms with Gasteiger partial charge in [0.25, 0.3) is 5.91 Å².